The van der Waals surface area contributed by atoms with E-state index < -0.39 is 16.0 Å². The van der Waals surface area contributed by atoms with Crippen molar-refractivity contribution in [3.8, 4) is 0 Å². The Kier molecular flexibility index (Phi) is 6.34. The minimum Gasteiger partial charge on any atom is -0.478 e. The number of ketones is 1. The van der Waals surface area contributed by atoms with Crippen LogP contribution in [-0.2, 0) is 10.0 Å². The molecule has 1 heterocycles. The van der Waals surface area contributed by atoms with Crippen LogP contribution in [0.1, 0.15) is 40.5 Å². The van der Waals surface area contributed by atoms with Gasteiger partial charge in [0.2, 0.25) is 10.0 Å². The summed E-state index contributed by atoms with van der Waals surface area (Å²) in [5.41, 5.74) is 1.08. The van der Waals surface area contributed by atoms with E-state index in [1.54, 1.807) is 24.3 Å². The number of hydrogen-bond acceptors (Lipinski definition) is 5. The molecule has 0 radical (unpaired) electrons. The van der Waals surface area contributed by atoms with Gasteiger partial charge < -0.3 is 10.4 Å². The van der Waals surface area contributed by atoms with E-state index in [1.165, 1.54) is 28.6 Å². The molecule has 1 fully saturated rings. The predicted molar refractivity (Wildman–Crippen MR) is 110 cm³/mol. The van der Waals surface area contributed by atoms with Gasteiger partial charge in [0.25, 0.3) is 0 Å². The predicted octanol–water partition coefficient (Wildman–Crippen LogP) is 3.10. The molecule has 2 aromatic rings. The molecule has 0 atom stereocenters. The number of carbonyl (C=O) groups excluding carboxylic acids is 1. The molecule has 1 aliphatic heterocycles. The SMILES string of the molecule is CC1CCN(S(=O)(=O)c2cccc(C(=O)CNc3ccc(C(=O)O)cc3)c2)CC1. The average Bonchev–Trinajstić information content (AvgIpc) is 2.72. The molecular formula is C21H24N2O5S. The van der Waals surface area contributed by atoms with Crippen molar-refractivity contribution in [3.05, 3.63) is 59.7 Å². The van der Waals surface area contributed by atoms with Crippen LogP contribution in [0.25, 0.3) is 0 Å². The van der Waals surface area contributed by atoms with Gasteiger partial charge in [-0.1, -0.05) is 19.1 Å². The van der Waals surface area contributed by atoms with Gasteiger partial charge in [-0.3, -0.25) is 4.79 Å². The zero-order valence-electron chi connectivity index (χ0n) is 16.2. The number of aromatic carboxylic acids is 1. The van der Waals surface area contributed by atoms with Crippen LogP contribution >= 0.6 is 0 Å². The van der Waals surface area contributed by atoms with E-state index in [9.17, 15) is 18.0 Å². The molecule has 2 aromatic carbocycles. The van der Waals surface area contributed by atoms with Crippen molar-refractivity contribution in [1.82, 2.24) is 4.31 Å². The van der Waals surface area contributed by atoms with E-state index in [1.807, 2.05) is 0 Å². The molecular weight excluding hydrogens is 392 g/mol. The lowest BCUT2D eigenvalue weighted by atomic mass is 10.0. The Morgan fingerprint density at radius 3 is 2.34 bits per heavy atom. The normalized spacial score (nSPS) is 15.8. The monoisotopic (exact) mass is 416 g/mol. The Hall–Kier alpha value is -2.71. The van der Waals surface area contributed by atoms with Crippen molar-refractivity contribution in [2.75, 3.05) is 25.0 Å². The summed E-state index contributed by atoms with van der Waals surface area (Å²) in [6.45, 7) is 3.08. The topological polar surface area (TPSA) is 104 Å². The third-order valence-electron chi connectivity index (χ3n) is 5.12. The summed E-state index contributed by atoms with van der Waals surface area (Å²) in [5, 5.41) is 11.8. The van der Waals surface area contributed by atoms with Crippen molar-refractivity contribution < 1.29 is 23.1 Å². The van der Waals surface area contributed by atoms with Crippen LogP contribution in [0.2, 0.25) is 0 Å². The van der Waals surface area contributed by atoms with Gasteiger partial charge in [0.1, 0.15) is 0 Å². The molecule has 0 aromatic heterocycles. The summed E-state index contributed by atoms with van der Waals surface area (Å²) >= 11 is 0. The lowest BCUT2D eigenvalue weighted by Gasteiger charge is -2.29. The first-order valence-electron chi connectivity index (χ1n) is 9.48. The molecule has 0 unspecified atom stereocenters. The van der Waals surface area contributed by atoms with E-state index in [0.717, 1.165) is 12.8 Å². The van der Waals surface area contributed by atoms with Crippen molar-refractivity contribution in [2.24, 2.45) is 5.92 Å². The number of hydrogen-bond donors (Lipinski definition) is 2. The maximum atomic E-state index is 12.9. The number of carboxylic acids is 1. The minimum absolute atomic E-state index is 0.0306. The Bertz CT molecular complexity index is 994. The van der Waals surface area contributed by atoms with Gasteiger partial charge in [-0.05, 0) is 55.2 Å². The molecule has 3 rings (SSSR count). The van der Waals surface area contributed by atoms with Crippen LogP contribution in [0, 0.1) is 5.92 Å². The van der Waals surface area contributed by atoms with Crippen LogP contribution in [0.4, 0.5) is 5.69 Å². The molecule has 0 amide bonds. The fourth-order valence-corrected chi connectivity index (χ4v) is 4.74. The maximum Gasteiger partial charge on any atom is 0.335 e. The van der Waals surface area contributed by atoms with Gasteiger partial charge in [-0.15, -0.1) is 0 Å². The number of carbonyl (C=O) groups is 2. The molecule has 7 nitrogen and oxygen atoms in total. The lowest BCUT2D eigenvalue weighted by Crippen LogP contribution is -2.37. The summed E-state index contributed by atoms with van der Waals surface area (Å²) in [7, 11) is -3.62. The first-order valence-corrected chi connectivity index (χ1v) is 10.9. The molecule has 0 saturated carbocycles. The summed E-state index contributed by atoms with van der Waals surface area (Å²) in [6, 6.07) is 12.2. The summed E-state index contributed by atoms with van der Waals surface area (Å²) in [5.74, 6) is -0.754. The number of rotatable bonds is 7. The molecule has 0 spiro atoms. The Labute approximate surface area is 170 Å². The second-order valence-electron chi connectivity index (χ2n) is 7.27. The molecule has 29 heavy (non-hydrogen) atoms. The Balaban J connectivity index is 1.68. The third kappa shape index (κ3) is 5.02. The highest BCUT2D eigenvalue weighted by atomic mass is 32.2. The van der Waals surface area contributed by atoms with Gasteiger partial charge in [-0.25, -0.2) is 13.2 Å². The lowest BCUT2D eigenvalue weighted by molar-refractivity contribution is 0.0696. The van der Waals surface area contributed by atoms with Gasteiger partial charge in [0.15, 0.2) is 5.78 Å². The summed E-state index contributed by atoms with van der Waals surface area (Å²) in [6.07, 6.45) is 1.67. The maximum absolute atomic E-state index is 12.9. The zero-order chi connectivity index (χ0) is 21.0. The quantitative estimate of drug-likeness (QED) is 0.672. The highest BCUT2D eigenvalue weighted by Gasteiger charge is 2.28. The highest BCUT2D eigenvalue weighted by molar-refractivity contribution is 7.89. The number of Topliss-reactive ketones (excluding diaryl/α,β-unsaturated/α-hetero) is 1. The second kappa shape index (κ2) is 8.75. The van der Waals surface area contributed by atoms with Gasteiger partial charge >= 0.3 is 5.97 Å². The van der Waals surface area contributed by atoms with Gasteiger partial charge in [0.05, 0.1) is 17.0 Å². The highest BCUT2D eigenvalue weighted by Crippen LogP contribution is 2.24. The van der Waals surface area contributed by atoms with Crippen molar-refractivity contribution in [3.63, 3.8) is 0 Å². The van der Waals surface area contributed by atoms with E-state index in [2.05, 4.69) is 12.2 Å². The van der Waals surface area contributed by atoms with Crippen molar-refractivity contribution in [2.45, 2.75) is 24.7 Å². The third-order valence-corrected chi connectivity index (χ3v) is 7.02. The number of benzene rings is 2. The fraction of sp³-hybridized carbons (Fsp3) is 0.333. The molecule has 0 aliphatic carbocycles. The zero-order valence-corrected chi connectivity index (χ0v) is 17.0. The number of nitrogens with zero attached hydrogens (tertiary/aromatic N) is 1. The van der Waals surface area contributed by atoms with Crippen LogP contribution in [0.3, 0.4) is 0 Å². The Morgan fingerprint density at radius 1 is 1.07 bits per heavy atom. The molecule has 1 saturated heterocycles. The standard InChI is InChI=1S/C21H24N2O5S/c1-15-9-11-23(12-10-15)29(27,28)19-4-2-3-17(13-19)20(24)14-22-18-7-5-16(6-8-18)21(25)26/h2-8,13,15,22H,9-12,14H2,1H3,(H,25,26). The molecule has 2 N–H and O–H groups in total. The number of sulfonamides is 1. The first-order chi connectivity index (χ1) is 13.8. The average molecular weight is 416 g/mol. The Morgan fingerprint density at radius 2 is 1.72 bits per heavy atom. The number of carboxylic acid groups (broad SMARTS) is 1. The number of anilines is 1. The largest absolute Gasteiger partial charge is 0.478 e. The molecule has 0 bridgehead atoms. The smallest absolute Gasteiger partial charge is 0.335 e. The van der Waals surface area contributed by atoms with E-state index >= 15 is 0 Å². The van der Waals surface area contributed by atoms with Crippen molar-refractivity contribution in [1.29, 1.82) is 0 Å². The van der Waals surface area contributed by atoms with E-state index in [0.29, 0.717) is 30.3 Å². The number of nitrogens with one attached hydrogen (secondary N) is 1. The molecule has 1 aliphatic rings. The van der Waals surface area contributed by atoms with Gasteiger partial charge in [0, 0.05) is 24.3 Å². The molecule has 8 heteroatoms. The second-order valence-corrected chi connectivity index (χ2v) is 9.21. The van der Waals surface area contributed by atoms with Crippen molar-refractivity contribution >= 4 is 27.5 Å². The first kappa shape index (κ1) is 21.0. The van der Waals surface area contributed by atoms with E-state index in [-0.39, 0.29) is 22.8 Å². The summed E-state index contributed by atoms with van der Waals surface area (Å²) in [4.78, 5) is 23.5. The summed E-state index contributed by atoms with van der Waals surface area (Å²) < 4.78 is 27.3. The molecule has 154 valence electrons. The van der Waals surface area contributed by atoms with Crippen LogP contribution in [-0.4, -0.2) is 49.2 Å². The van der Waals surface area contributed by atoms with Crippen LogP contribution in [0.15, 0.2) is 53.4 Å². The fourth-order valence-electron chi connectivity index (χ4n) is 3.22. The van der Waals surface area contributed by atoms with Crippen LogP contribution < -0.4 is 5.32 Å². The van der Waals surface area contributed by atoms with E-state index in [4.69, 9.17) is 5.11 Å². The van der Waals surface area contributed by atoms with Gasteiger partial charge in [-0.2, -0.15) is 4.31 Å². The number of piperidine rings is 1. The van der Waals surface area contributed by atoms with Crippen LogP contribution in [0.5, 0.6) is 0 Å². The minimum atomic E-state index is -3.62.